The van der Waals surface area contributed by atoms with Crippen LogP contribution in [0, 0.1) is 0 Å². The van der Waals surface area contributed by atoms with Crippen molar-refractivity contribution in [2.24, 2.45) is 5.84 Å². The third kappa shape index (κ3) is 2.80. The van der Waals surface area contributed by atoms with Crippen molar-refractivity contribution in [3.8, 4) is 0 Å². The van der Waals surface area contributed by atoms with E-state index in [2.05, 4.69) is 16.5 Å². The molecule has 6 heteroatoms. The zero-order valence-electron chi connectivity index (χ0n) is 9.97. The normalized spacial score (nSPS) is 12.9. The lowest BCUT2D eigenvalue weighted by molar-refractivity contribution is 0.555. The summed E-state index contributed by atoms with van der Waals surface area (Å²) in [5.41, 5.74) is 4.99. The number of rotatable bonds is 4. The molecule has 0 aliphatic heterocycles. The first-order chi connectivity index (χ1) is 9.26. The van der Waals surface area contributed by atoms with E-state index in [0.717, 1.165) is 21.8 Å². The Balaban J connectivity index is 1.88. The number of fused-ring (bicyclic) bond motifs is 1. The Morgan fingerprint density at radius 1 is 1.37 bits per heavy atom. The van der Waals surface area contributed by atoms with Crippen molar-refractivity contribution in [1.82, 2.24) is 10.4 Å². The van der Waals surface area contributed by atoms with Crippen molar-refractivity contribution < 1.29 is 0 Å². The van der Waals surface area contributed by atoms with E-state index in [0.29, 0.717) is 0 Å². The summed E-state index contributed by atoms with van der Waals surface area (Å²) in [7, 11) is 0. The Morgan fingerprint density at radius 3 is 3.00 bits per heavy atom. The fraction of sp³-hybridized carbons (Fsp3) is 0.154. The summed E-state index contributed by atoms with van der Waals surface area (Å²) in [5.74, 6) is 5.68. The van der Waals surface area contributed by atoms with Gasteiger partial charge in [-0.2, -0.15) is 0 Å². The summed E-state index contributed by atoms with van der Waals surface area (Å²) in [4.78, 5) is 5.66. The predicted octanol–water partition coefficient (Wildman–Crippen LogP) is 3.76. The molecule has 0 fully saturated rings. The van der Waals surface area contributed by atoms with Gasteiger partial charge in [0, 0.05) is 17.5 Å². The van der Waals surface area contributed by atoms with E-state index in [1.807, 2.05) is 29.8 Å². The van der Waals surface area contributed by atoms with Crippen molar-refractivity contribution in [2.75, 3.05) is 0 Å². The highest BCUT2D eigenvalue weighted by atomic mass is 35.5. The van der Waals surface area contributed by atoms with Crippen molar-refractivity contribution in [3.05, 3.63) is 50.6 Å². The first-order valence-electron chi connectivity index (χ1n) is 5.80. The van der Waals surface area contributed by atoms with Gasteiger partial charge in [-0.3, -0.25) is 16.3 Å². The molecule has 0 saturated carbocycles. The molecule has 0 saturated heterocycles. The third-order valence-corrected chi connectivity index (χ3v) is 5.07. The summed E-state index contributed by atoms with van der Waals surface area (Å²) in [6.45, 7) is 0. The fourth-order valence-corrected chi connectivity index (χ4v) is 3.91. The molecule has 3 aromatic heterocycles. The van der Waals surface area contributed by atoms with Gasteiger partial charge in [0.05, 0.1) is 20.6 Å². The number of halogens is 1. The molecule has 0 spiro atoms. The molecule has 3 N–H and O–H groups in total. The van der Waals surface area contributed by atoms with Crippen LogP contribution < -0.4 is 11.3 Å². The highest BCUT2D eigenvalue weighted by Crippen LogP contribution is 2.28. The monoisotopic (exact) mass is 309 g/mol. The van der Waals surface area contributed by atoms with Gasteiger partial charge in [0.25, 0.3) is 0 Å². The molecule has 0 radical (unpaired) electrons. The summed E-state index contributed by atoms with van der Waals surface area (Å²) < 4.78 is 1.99. The van der Waals surface area contributed by atoms with Gasteiger partial charge in [-0.15, -0.1) is 22.7 Å². The molecule has 3 aromatic rings. The smallest absolute Gasteiger partial charge is 0.0931 e. The lowest BCUT2D eigenvalue weighted by Crippen LogP contribution is -2.29. The lowest BCUT2D eigenvalue weighted by Gasteiger charge is -2.15. The minimum Gasteiger partial charge on any atom is -0.271 e. The second-order valence-corrected chi connectivity index (χ2v) is 6.95. The number of nitrogens with two attached hydrogens (primary N) is 1. The van der Waals surface area contributed by atoms with Crippen LogP contribution in [-0.4, -0.2) is 4.98 Å². The van der Waals surface area contributed by atoms with Crippen LogP contribution in [0.4, 0.5) is 0 Å². The third-order valence-electron chi connectivity index (χ3n) is 2.96. The average Bonchev–Trinajstić information content (AvgIpc) is 3.03. The van der Waals surface area contributed by atoms with Crippen LogP contribution in [0.25, 0.3) is 10.2 Å². The number of nitrogens with zero attached hydrogens (tertiary/aromatic N) is 1. The van der Waals surface area contributed by atoms with Gasteiger partial charge in [-0.1, -0.05) is 11.6 Å². The Morgan fingerprint density at radius 2 is 2.26 bits per heavy atom. The van der Waals surface area contributed by atoms with Crippen LogP contribution in [0.1, 0.15) is 16.5 Å². The van der Waals surface area contributed by atoms with Crippen LogP contribution in [-0.2, 0) is 6.42 Å². The maximum Gasteiger partial charge on any atom is 0.0931 e. The molecule has 19 heavy (non-hydrogen) atoms. The predicted molar refractivity (Wildman–Crippen MR) is 82.7 cm³/mol. The molecule has 0 amide bonds. The number of thiophene rings is 2. The summed E-state index contributed by atoms with van der Waals surface area (Å²) in [6.07, 6.45) is 2.70. The van der Waals surface area contributed by atoms with Gasteiger partial charge in [0.15, 0.2) is 0 Å². The zero-order chi connectivity index (χ0) is 13.2. The quantitative estimate of drug-likeness (QED) is 0.570. The van der Waals surface area contributed by atoms with Crippen molar-refractivity contribution in [1.29, 1.82) is 0 Å². The Kier molecular flexibility index (Phi) is 3.81. The minimum absolute atomic E-state index is 0.0497. The van der Waals surface area contributed by atoms with Crippen LogP contribution in [0.15, 0.2) is 35.8 Å². The second-order valence-electron chi connectivity index (χ2n) is 4.20. The highest BCUT2D eigenvalue weighted by Gasteiger charge is 2.13. The highest BCUT2D eigenvalue weighted by molar-refractivity contribution is 7.17. The van der Waals surface area contributed by atoms with Crippen LogP contribution in [0.3, 0.4) is 0 Å². The first-order valence-corrected chi connectivity index (χ1v) is 7.87. The largest absolute Gasteiger partial charge is 0.271 e. The number of hydrogen-bond acceptors (Lipinski definition) is 5. The van der Waals surface area contributed by atoms with Gasteiger partial charge in [-0.25, -0.2) is 0 Å². The molecule has 0 aromatic carbocycles. The molecule has 3 rings (SSSR count). The molecule has 3 nitrogen and oxygen atoms in total. The van der Waals surface area contributed by atoms with E-state index < -0.39 is 0 Å². The number of aromatic nitrogens is 1. The van der Waals surface area contributed by atoms with E-state index in [1.54, 1.807) is 22.7 Å². The van der Waals surface area contributed by atoms with E-state index in [4.69, 9.17) is 17.4 Å². The summed E-state index contributed by atoms with van der Waals surface area (Å²) >= 11 is 9.23. The molecule has 98 valence electrons. The molecule has 1 atom stereocenters. The van der Waals surface area contributed by atoms with Crippen molar-refractivity contribution >= 4 is 44.5 Å². The number of nitrogens with one attached hydrogen (secondary N) is 1. The maximum atomic E-state index is 5.95. The van der Waals surface area contributed by atoms with E-state index in [9.17, 15) is 0 Å². The number of hydrogen-bond donors (Lipinski definition) is 2. The minimum atomic E-state index is 0.0497. The lowest BCUT2D eigenvalue weighted by atomic mass is 10.1. The van der Waals surface area contributed by atoms with Crippen LogP contribution in [0.2, 0.25) is 4.34 Å². The molecule has 3 heterocycles. The van der Waals surface area contributed by atoms with E-state index in [1.165, 1.54) is 9.58 Å². The molecular weight excluding hydrogens is 298 g/mol. The Labute approximate surface area is 124 Å². The first kappa shape index (κ1) is 13.0. The summed E-state index contributed by atoms with van der Waals surface area (Å²) in [5, 5.41) is 2.05. The van der Waals surface area contributed by atoms with Gasteiger partial charge in [-0.05, 0) is 35.2 Å². The van der Waals surface area contributed by atoms with Gasteiger partial charge in [0.1, 0.15) is 0 Å². The van der Waals surface area contributed by atoms with Gasteiger partial charge < -0.3 is 0 Å². The average molecular weight is 310 g/mol. The second kappa shape index (κ2) is 5.56. The topological polar surface area (TPSA) is 50.9 Å². The number of pyridine rings is 1. The van der Waals surface area contributed by atoms with E-state index >= 15 is 0 Å². The Bertz CT molecular complexity index is 692. The van der Waals surface area contributed by atoms with Gasteiger partial charge >= 0.3 is 0 Å². The molecule has 0 aliphatic carbocycles. The number of hydrazine groups is 1. The van der Waals surface area contributed by atoms with Crippen LogP contribution in [0.5, 0.6) is 0 Å². The van der Waals surface area contributed by atoms with E-state index in [-0.39, 0.29) is 6.04 Å². The fourth-order valence-electron chi connectivity index (χ4n) is 1.99. The zero-order valence-corrected chi connectivity index (χ0v) is 12.4. The molecular formula is C13H12ClN3S2. The van der Waals surface area contributed by atoms with Crippen molar-refractivity contribution in [2.45, 2.75) is 12.5 Å². The maximum absolute atomic E-state index is 5.95. The molecule has 0 aliphatic rings. The molecule has 1 unspecified atom stereocenters. The SMILES string of the molecule is NNC(Cc1ccc(Cl)s1)c1cnc2ccsc2c1. The van der Waals surface area contributed by atoms with Crippen LogP contribution >= 0.6 is 34.3 Å². The Hall–Kier alpha value is -0.980. The molecule has 0 bridgehead atoms. The van der Waals surface area contributed by atoms with Gasteiger partial charge in [0.2, 0.25) is 0 Å². The summed E-state index contributed by atoms with van der Waals surface area (Å²) in [6, 6.07) is 8.17. The van der Waals surface area contributed by atoms with Crippen molar-refractivity contribution in [3.63, 3.8) is 0 Å². The standard InChI is InChI=1S/C13H12ClN3S2/c14-13-2-1-9(19-13)6-11(17-15)8-5-12-10(16-7-8)3-4-18-12/h1-5,7,11,17H,6,15H2.